The van der Waals surface area contributed by atoms with Crippen molar-refractivity contribution in [3.63, 3.8) is 0 Å². The molecule has 90 valence electrons. The fraction of sp³-hybridized carbons (Fsp3) is 0.417. The molecule has 2 rings (SSSR count). The number of hydrogen-bond donors (Lipinski definition) is 1. The second-order valence-electron chi connectivity index (χ2n) is 4.09. The van der Waals surface area contributed by atoms with Crippen LogP contribution in [0.5, 0.6) is 0 Å². The van der Waals surface area contributed by atoms with Gasteiger partial charge in [-0.3, -0.25) is 9.78 Å². The number of aromatic carboxylic acids is 1. The number of amides is 1. The molecule has 1 aromatic rings. The Hall–Kier alpha value is -1.91. The van der Waals surface area contributed by atoms with Gasteiger partial charge < -0.3 is 10.0 Å². The summed E-state index contributed by atoms with van der Waals surface area (Å²) >= 11 is 0. The number of pyridine rings is 1. The van der Waals surface area contributed by atoms with Gasteiger partial charge in [-0.05, 0) is 31.4 Å². The van der Waals surface area contributed by atoms with E-state index in [1.165, 1.54) is 18.3 Å². The van der Waals surface area contributed by atoms with Crippen molar-refractivity contribution in [3.05, 3.63) is 29.6 Å². The van der Waals surface area contributed by atoms with Crippen molar-refractivity contribution in [2.24, 2.45) is 0 Å². The van der Waals surface area contributed by atoms with E-state index in [9.17, 15) is 9.59 Å². The highest BCUT2D eigenvalue weighted by atomic mass is 16.4. The number of nitrogens with zero attached hydrogens (tertiary/aromatic N) is 2. The number of carboxylic acid groups (broad SMARTS) is 1. The molecular weight excluding hydrogens is 220 g/mol. The number of piperidine rings is 1. The normalized spacial score (nSPS) is 15.6. The van der Waals surface area contributed by atoms with Crippen LogP contribution >= 0.6 is 0 Å². The van der Waals surface area contributed by atoms with Crippen LogP contribution in [0, 0.1) is 0 Å². The van der Waals surface area contributed by atoms with Crippen LogP contribution in [0.3, 0.4) is 0 Å². The number of likely N-dealkylation sites (tertiary alicyclic amines) is 1. The van der Waals surface area contributed by atoms with Crippen molar-refractivity contribution in [1.82, 2.24) is 9.88 Å². The van der Waals surface area contributed by atoms with Crippen LogP contribution in [-0.2, 0) is 0 Å². The smallest absolute Gasteiger partial charge is 0.335 e. The highest BCUT2D eigenvalue weighted by molar-refractivity contribution is 5.95. The van der Waals surface area contributed by atoms with Crippen LogP contribution in [0.25, 0.3) is 0 Å². The largest absolute Gasteiger partial charge is 0.478 e. The molecule has 17 heavy (non-hydrogen) atoms. The number of carbonyl (C=O) groups excluding carboxylic acids is 1. The maximum Gasteiger partial charge on any atom is 0.335 e. The first-order valence-electron chi connectivity index (χ1n) is 5.67. The van der Waals surface area contributed by atoms with Crippen molar-refractivity contribution in [2.75, 3.05) is 13.1 Å². The molecule has 5 heteroatoms. The van der Waals surface area contributed by atoms with E-state index < -0.39 is 5.97 Å². The lowest BCUT2D eigenvalue weighted by atomic mass is 10.1. The molecule has 1 aromatic heterocycles. The Labute approximate surface area is 99.1 Å². The molecule has 1 aliphatic heterocycles. The first kappa shape index (κ1) is 11.6. The molecule has 0 atom stereocenters. The van der Waals surface area contributed by atoms with Crippen LogP contribution in [0.1, 0.15) is 40.1 Å². The summed E-state index contributed by atoms with van der Waals surface area (Å²) < 4.78 is 0. The van der Waals surface area contributed by atoms with Gasteiger partial charge in [0.25, 0.3) is 5.91 Å². The lowest BCUT2D eigenvalue weighted by Crippen LogP contribution is -2.36. The highest BCUT2D eigenvalue weighted by Gasteiger charge is 2.19. The Balaban J connectivity index is 2.18. The van der Waals surface area contributed by atoms with Crippen LogP contribution in [0.2, 0.25) is 0 Å². The van der Waals surface area contributed by atoms with E-state index in [1.54, 1.807) is 4.90 Å². The molecule has 0 radical (unpaired) electrons. The zero-order valence-corrected chi connectivity index (χ0v) is 9.43. The summed E-state index contributed by atoms with van der Waals surface area (Å²) in [5.41, 5.74) is 0.312. The van der Waals surface area contributed by atoms with Crippen LogP contribution < -0.4 is 0 Å². The summed E-state index contributed by atoms with van der Waals surface area (Å²) in [4.78, 5) is 28.5. The summed E-state index contributed by atoms with van der Waals surface area (Å²) in [5.74, 6) is -1.21. The number of carboxylic acids is 1. The predicted molar refractivity (Wildman–Crippen MR) is 61.0 cm³/mol. The Bertz CT molecular complexity index is 439. The van der Waals surface area contributed by atoms with Gasteiger partial charge in [0.15, 0.2) is 0 Å². The molecule has 0 aromatic carbocycles. The Morgan fingerprint density at radius 3 is 2.59 bits per heavy atom. The summed E-state index contributed by atoms with van der Waals surface area (Å²) in [6.07, 6.45) is 4.52. The lowest BCUT2D eigenvalue weighted by Gasteiger charge is -2.26. The van der Waals surface area contributed by atoms with Crippen molar-refractivity contribution in [1.29, 1.82) is 0 Å². The molecule has 2 heterocycles. The molecule has 5 nitrogen and oxygen atoms in total. The Morgan fingerprint density at radius 2 is 1.94 bits per heavy atom. The molecule has 0 spiro atoms. The molecule has 0 bridgehead atoms. The quantitative estimate of drug-likeness (QED) is 0.839. The zero-order valence-electron chi connectivity index (χ0n) is 9.43. The molecular formula is C12H14N2O3. The molecule has 1 amide bonds. The van der Waals surface area contributed by atoms with Crippen LogP contribution in [0.4, 0.5) is 0 Å². The molecule has 1 fully saturated rings. The maximum atomic E-state index is 12.0. The topological polar surface area (TPSA) is 70.5 Å². The van der Waals surface area contributed by atoms with E-state index in [2.05, 4.69) is 4.98 Å². The van der Waals surface area contributed by atoms with Gasteiger partial charge in [-0.25, -0.2) is 4.79 Å². The molecule has 1 saturated heterocycles. The summed E-state index contributed by atoms with van der Waals surface area (Å²) in [7, 11) is 0. The third-order valence-corrected chi connectivity index (χ3v) is 2.87. The molecule has 1 N–H and O–H groups in total. The first-order chi connectivity index (χ1) is 8.18. The average molecular weight is 234 g/mol. The van der Waals surface area contributed by atoms with E-state index >= 15 is 0 Å². The van der Waals surface area contributed by atoms with Gasteiger partial charge in [0.2, 0.25) is 0 Å². The third-order valence-electron chi connectivity index (χ3n) is 2.87. The summed E-state index contributed by atoms with van der Waals surface area (Å²) in [6, 6.07) is 2.72. The SMILES string of the molecule is O=C(O)c1ccnc(C(=O)N2CCCCC2)c1. The van der Waals surface area contributed by atoms with Gasteiger partial charge in [0.05, 0.1) is 5.56 Å². The second kappa shape index (κ2) is 4.95. The molecule has 0 aliphatic carbocycles. The van der Waals surface area contributed by atoms with E-state index in [0.717, 1.165) is 32.4 Å². The van der Waals surface area contributed by atoms with Crippen molar-refractivity contribution in [2.45, 2.75) is 19.3 Å². The van der Waals surface area contributed by atoms with E-state index in [-0.39, 0.29) is 17.2 Å². The fourth-order valence-corrected chi connectivity index (χ4v) is 1.94. The fourth-order valence-electron chi connectivity index (χ4n) is 1.94. The maximum absolute atomic E-state index is 12.0. The van der Waals surface area contributed by atoms with Gasteiger partial charge in [0.1, 0.15) is 5.69 Å². The van der Waals surface area contributed by atoms with E-state index in [1.807, 2.05) is 0 Å². The minimum atomic E-state index is -1.04. The number of rotatable bonds is 2. The first-order valence-corrected chi connectivity index (χ1v) is 5.67. The van der Waals surface area contributed by atoms with E-state index in [4.69, 9.17) is 5.11 Å². The minimum absolute atomic E-state index is 0.0976. The molecule has 0 saturated carbocycles. The summed E-state index contributed by atoms with van der Waals surface area (Å²) in [5, 5.41) is 8.85. The number of aromatic nitrogens is 1. The molecule has 1 aliphatic rings. The zero-order chi connectivity index (χ0) is 12.3. The van der Waals surface area contributed by atoms with Gasteiger partial charge in [-0.2, -0.15) is 0 Å². The van der Waals surface area contributed by atoms with Crippen LogP contribution in [-0.4, -0.2) is 40.0 Å². The highest BCUT2D eigenvalue weighted by Crippen LogP contribution is 2.12. The van der Waals surface area contributed by atoms with Crippen molar-refractivity contribution >= 4 is 11.9 Å². The number of carbonyl (C=O) groups is 2. The lowest BCUT2D eigenvalue weighted by molar-refractivity contribution is 0.0696. The van der Waals surface area contributed by atoms with Gasteiger partial charge in [-0.15, -0.1) is 0 Å². The summed E-state index contributed by atoms with van der Waals surface area (Å²) in [6.45, 7) is 1.47. The second-order valence-corrected chi connectivity index (χ2v) is 4.09. The molecule has 0 unspecified atom stereocenters. The third kappa shape index (κ3) is 2.61. The van der Waals surface area contributed by atoms with Crippen molar-refractivity contribution in [3.8, 4) is 0 Å². The Morgan fingerprint density at radius 1 is 1.24 bits per heavy atom. The number of hydrogen-bond acceptors (Lipinski definition) is 3. The average Bonchev–Trinajstić information content (AvgIpc) is 2.39. The van der Waals surface area contributed by atoms with E-state index in [0.29, 0.717) is 0 Å². The van der Waals surface area contributed by atoms with Gasteiger partial charge >= 0.3 is 5.97 Å². The van der Waals surface area contributed by atoms with Gasteiger partial charge in [0, 0.05) is 19.3 Å². The van der Waals surface area contributed by atoms with Crippen molar-refractivity contribution < 1.29 is 14.7 Å². The Kier molecular flexibility index (Phi) is 3.37. The van der Waals surface area contributed by atoms with Gasteiger partial charge in [-0.1, -0.05) is 0 Å². The van der Waals surface area contributed by atoms with Crippen LogP contribution in [0.15, 0.2) is 18.3 Å². The monoisotopic (exact) mass is 234 g/mol. The minimum Gasteiger partial charge on any atom is -0.478 e. The predicted octanol–water partition coefficient (Wildman–Crippen LogP) is 1.41. The standard InChI is InChI=1S/C12H14N2O3/c15-11(14-6-2-1-3-7-14)10-8-9(12(16)17)4-5-13-10/h4-5,8H,1-3,6-7H2,(H,16,17).